The topological polar surface area (TPSA) is 62.3 Å². The number of nitrogens with two attached hydrogens (primary N) is 1. The molecule has 0 saturated heterocycles. The highest BCUT2D eigenvalue weighted by Gasteiger charge is 2.21. The molecule has 5 nitrogen and oxygen atoms in total. The van der Waals surface area contributed by atoms with Gasteiger partial charge in [0, 0.05) is 13.2 Å². The standard InChI is InChI=1S/C15H21N3O2/c1-2-20-13-5-3-4-12-14(13)17-15(16)18(12)8-9-19-10-11-6-7-11/h3-5,11H,2,6-10H2,1H3,(H2,16,17). The Hall–Kier alpha value is -1.75. The van der Waals surface area contributed by atoms with Gasteiger partial charge in [-0.05, 0) is 37.8 Å². The van der Waals surface area contributed by atoms with E-state index in [4.69, 9.17) is 15.2 Å². The van der Waals surface area contributed by atoms with Crippen molar-refractivity contribution in [2.24, 2.45) is 5.92 Å². The van der Waals surface area contributed by atoms with Gasteiger partial charge in [-0.1, -0.05) is 6.07 Å². The molecule has 0 amide bonds. The first-order valence-electron chi connectivity index (χ1n) is 7.25. The maximum Gasteiger partial charge on any atom is 0.201 e. The maximum absolute atomic E-state index is 6.01. The molecule has 2 N–H and O–H groups in total. The summed E-state index contributed by atoms with van der Waals surface area (Å²) in [6, 6.07) is 5.91. The van der Waals surface area contributed by atoms with Crippen LogP contribution < -0.4 is 10.5 Å². The normalized spacial score (nSPS) is 14.8. The summed E-state index contributed by atoms with van der Waals surface area (Å²) in [6.07, 6.45) is 2.63. The first kappa shape index (κ1) is 13.2. The molecule has 1 aliphatic rings. The van der Waals surface area contributed by atoms with Crippen LogP contribution in [0.15, 0.2) is 18.2 Å². The first-order chi connectivity index (χ1) is 9.79. The molecule has 0 bridgehead atoms. The van der Waals surface area contributed by atoms with Crippen LogP contribution >= 0.6 is 0 Å². The minimum Gasteiger partial charge on any atom is -0.492 e. The van der Waals surface area contributed by atoms with Crippen molar-refractivity contribution in [2.75, 3.05) is 25.6 Å². The average molecular weight is 275 g/mol. The van der Waals surface area contributed by atoms with Crippen LogP contribution in [0.4, 0.5) is 5.95 Å². The second kappa shape index (κ2) is 5.71. The number of benzene rings is 1. The minimum absolute atomic E-state index is 0.516. The zero-order chi connectivity index (χ0) is 13.9. The van der Waals surface area contributed by atoms with Crippen LogP contribution in [0.2, 0.25) is 0 Å². The number of para-hydroxylation sites is 1. The lowest BCUT2D eigenvalue weighted by Gasteiger charge is -2.08. The molecule has 108 valence electrons. The number of nitrogen functional groups attached to an aromatic ring is 1. The van der Waals surface area contributed by atoms with E-state index in [1.54, 1.807) is 0 Å². The molecular formula is C15H21N3O2. The number of anilines is 1. The lowest BCUT2D eigenvalue weighted by atomic mass is 10.3. The number of fused-ring (bicyclic) bond motifs is 1. The Morgan fingerprint density at radius 1 is 1.40 bits per heavy atom. The third-order valence-electron chi connectivity index (χ3n) is 3.58. The molecule has 1 aromatic carbocycles. The Kier molecular flexibility index (Phi) is 3.78. The third-order valence-corrected chi connectivity index (χ3v) is 3.58. The molecule has 0 radical (unpaired) electrons. The smallest absolute Gasteiger partial charge is 0.201 e. The molecule has 20 heavy (non-hydrogen) atoms. The van der Waals surface area contributed by atoms with Gasteiger partial charge in [-0.15, -0.1) is 0 Å². The summed E-state index contributed by atoms with van der Waals surface area (Å²) in [6.45, 7) is 4.85. The number of aromatic nitrogens is 2. The molecule has 2 aromatic rings. The summed E-state index contributed by atoms with van der Waals surface area (Å²) >= 11 is 0. The van der Waals surface area contributed by atoms with Crippen molar-refractivity contribution in [1.82, 2.24) is 9.55 Å². The van der Waals surface area contributed by atoms with Gasteiger partial charge in [0.1, 0.15) is 11.3 Å². The molecule has 5 heteroatoms. The van der Waals surface area contributed by atoms with Crippen LogP contribution in [0.3, 0.4) is 0 Å². The predicted octanol–water partition coefficient (Wildman–Crippen LogP) is 2.44. The van der Waals surface area contributed by atoms with Crippen molar-refractivity contribution in [2.45, 2.75) is 26.3 Å². The highest BCUT2D eigenvalue weighted by Crippen LogP contribution is 2.29. The molecule has 0 aliphatic heterocycles. The lowest BCUT2D eigenvalue weighted by molar-refractivity contribution is 0.118. The van der Waals surface area contributed by atoms with Crippen LogP contribution in [0.25, 0.3) is 11.0 Å². The van der Waals surface area contributed by atoms with E-state index in [1.807, 2.05) is 29.7 Å². The number of rotatable bonds is 7. The van der Waals surface area contributed by atoms with Crippen molar-refractivity contribution in [1.29, 1.82) is 0 Å². The summed E-state index contributed by atoms with van der Waals surface area (Å²) in [5.41, 5.74) is 7.84. The van der Waals surface area contributed by atoms with Gasteiger partial charge in [0.15, 0.2) is 0 Å². The molecule has 1 fully saturated rings. The summed E-state index contributed by atoms with van der Waals surface area (Å²) in [5.74, 6) is 2.09. The van der Waals surface area contributed by atoms with Gasteiger partial charge in [-0.3, -0.25) is 0 Å². The molecule has 1 aromatic heterocycles. The molecule has 0 spiro atoms. The van der Waals surface area contributed by atoms with Crippen LogP contribution in [-0.2, 0) is 11.3 Å². The van der Waals surface area contributed by atoms with Crippen molar-refractivity contribution < 1.29 is 9.47 Å². The Labute approximate surface area is 118 Å². The number of ether oxygens (including phenoxy) is 2. The SMILES string of the molecule is CCOc1cccc2c1nc(N)n2CCOCC1CC1. The van der Waals surface area contributed by atoms with Crippen LogP contribution in [0.5, 0.6) is 5.75 Å². The Balaban J connectivity index is 1.75. The first-order valence-corrected chi connectivity index (χ1v) is 7.25. The molecule has 1 heterocycles. The molecule has 1 aliphatic carbocycles. The summed E-state index contributed by atoms with van der Waals surface area (Å²) in [4.78, 5) is 4.42. The summed E-state index contributed by atoms with van der Waals surface area (Å²) in [7, 11) is 0. The summed E-state index contributed by atoms with van der Waals surface area (Å²) < 4.78 is 13.3. The molecular weight excluding hydrogens is 254 g/mol. The predicted molar refractivity (Wildman–Crippen MR) is 78.9 cm³/mol. The van der Waals surface area contributed by atoms with Crippen molar-refractivity contribution >= 4 is 17.0 Å². The molecule has 1 saturated carbocycles. The molecule has 0 unspecified atom stereocenters. The zero-order valence-electron chi connectivity index (χ0n) is 11.8. The summed E-state index contributed by atoms with van der Waals surface area (Å²) in [5, 5.41) is 0. The van der Waals surface area contributed by atoms with E-state index in [2.05, 4.69) is 4.98 Å². The quantitative estimate of drug-likeness (QED) is 0.788. The van der Waals surface area contributed by atoms with E-state index in [0.29, 0.717) is 19.2 Å². The van der Waals surface area contributed by atoms with E-state index in [0.717, 1.165) is 35.9 Å². The van der Waals surface area contributed by atoms with Crippen molar-refractivity contribution in [3.05, 3.63) is 18.2 Å². The van der Waals surface area contributed by atoms with Gasteiger partial charge in [-0.2, -0.15) is 0 Å². The maximum atomic E-state index is 6.01. The van der Waals surface area contributed by atoms with E-state index < -0.39 is 0 Å². The van der Waals surface area contributed by atoms with Gasteiger partial charge in [0.05, 0.1) is 18.7 Å². The van der Waals surface area contributed by atoms with Crippen molar-refractivity contribution in [3.63, 3.8) is 0 Å². The molecule has 3 rings (SSSR count). The Bertz CT molecular complexity index is 590. The number of hydrogen-bond acceptors (Lipinski definition) is 4. The van der Waals surface area contributed by atoms with Gasteiger partial charge in [-0.25, -0.2) is 4.98 Å². The lowest BCUT2D eigenvalue weighted by Crippen LogP contribution is -2.10. The highest BCUT2D eigenvalue weighted by molar-refractivity contribution is 5.84. The third kappa shape index (κ3) is 2.72. The highest BCUT2D eigenvalue weighted by atomic mass is 16.5. The van der Waals surface area contributed by atoms with E-state index in [9.17, 15) is 0 Å². The van der Waals surface area contributed by atoms with E-state index in [-0.39, 0.29) is 0 Å². The second-order valence-corrected chi connectivity index (χ2v) is 5.20. The minimum atomic E-state index is 0.516. The van der Waals surface area contributed by atoms with Gasteiger partial charge in [0.25, 0.3) is 0 Å². The monoisotopic (exact) mass is 275 g/mol. The van der Waals surface area contributed by atoms with Crippen LogP contribution in [-0.4, -0.2) is 29.4 Å². The fourth-order valence-corrected chi connectivity index (χ4v) is 2.34. The van der Waals surface area contributed by atoms with E-state index in [1.165, 1.54) is 12.8 Å². The average Bonchev–Trinajstić information content (AvgIpc) is 3.20. The molecule has 0 atom stereocenters. The number of hydrogen-bond donors (Lipinski definition) is 1. The number of nitrogens with zero attached hydrogens (tertiary/aromatic N) is 2. The van der Waals surface area contributed by atoms with Crippen LogP contribution in [0.1, 0.15) is 19.8 Å². The fraction of sp³-hybridized carbons (Fsp3) is 0.533. The van der Waals surface area contributed by atoms with Crippen LogP contribution in [0, 0.1) is 5.92 Å². The largest absolute Gasteiger partial charge is 0.492 e. The Morgan fingerprint density at radius 2 is 2.25 bits per heavy atom. The Morgan fingerprint density at radius 3 is 3.00 bits per heavy atom. The second-order valence-electron chi connectivity index (χ2n) is 5.20. The van der Waals surface area contributed by atoms with E-state index >= 15 is 0 Å². The van der Waals surface area contributed by atoms with Gasteiger partial charge >= 0.3 is 0 Å². The van der Waals surface area contributed by atoms with Gasteiger partial charge < -0.3 is 19.8 Å². The number of imidazole rings is 1. The fourth-order valence-electron chi connectivity index (χ4n) is 2.34. The zero-order valence-corrected chi connectivity index (χ0v) is 11.8. The van der Waals surface area contributed by atoms with Gasteiger partial charge in [0.2, 0.25) is 5.95 Å². The van der Waals surface area contributed by atoms with Crippen molar-refractivity contribution in [3.8, 4) is 5.75 Å².